The van der Waals surface area contributed by atoms with E-state index in [0.29, 0.717) is 25.6 Å². The van der Waals surface area contributed by atoms with E-state index in [9.17, 15) is 9.59 Å². The lowest BCUT2D eigenvalue weighted by Gasteiger charge is -2.31. The summed E-state index contributed by atoms with van der Waals surface area (Å²) < 4.78 is 11.4. The first-order chi connectivity index (χ1) is 17.5. The fraction of sp³-hybridized carbons (Fsp3) is 0.429. The molecule has 0 saturated carbocycles. The third kappa shape index (κ3) is 7.08. The van der Waals surface area contributed by atoms with Crippen LogP contribution in [0.25, 0.3) is 10.9 Å². The zero-order valence-corrected chi connectivity index (χ0v) is 21.1. The summed E-state index contributed by atoms with van der Waals surface area (Å²) in [4.78, 5) is 30.4. The molecule has 2 amide bonds. The van der Waals surface area contributed by atoms with Gasteiger partial charge in [0.05, 0.1) is 0 Å². The molecule has 3 N–H and O–H groups in total. The quantitative estimate of drug-likeness (QED) is 0.383. The molecule has 3 aromatic rings. The summed E-state index contributed by atoms with van der Waals surface area (Å²) in [6, 6.07) is 15.6. The number of hydrogen-bond acceptors (Lipinski definition) is 5. The topological polar surface area (TPSA) is 95.7 Å². The molecule has 8 nitrogen and oxygen atoms in total. The number of carbonyl (C=O) groups excluding carboxylic acids is 2. The van der Waals surface area contributed by atoms with E-state index in [0.717, 1.165) is 60.4 Å². The van der Waals surface area contributed by atoms with E-state index in [1.54, 1.807) is 0 Å². The molecule has 1 aliphatic rings. The molecule has 0 radical (unpaired) electrons. The lowest BCUT2D eigenvalue weighted by molar-refractivity contribution is -0.128. The fourth-order valence-electron chi connectivity index (χ4n) is 4.65. The van der Waals surface area contributed by atoms with E-state index < -0.39 is 6.04 Å². The third-order valence-electron chi connectivity index (χ3n) is 6.69. The number of nitrogens with one attached hydrogen (secondary N) is 3. The van der Waals surface area contributed by atoms with Gasteiger partial charge in [0.25, 0.3) is 0 Å². The molecule has 0 bridgehead atoms. The summed E-state index contributed by atoms with van der Waals surface area (Å²) in [5.74, 6) is 0.315. The van der Waals surface area contributed by atoms with Crippen LogP contribution in [0.4, 0.5) is 0 Å². The number of aromatic amines is 1. The number of para-hydroxylation sites is 1. The van der Waals surface area contributed by atoms with Crippen LogP contribution in [-0.2, 0) is 27.3 Å². The Hall–Kier alpha value is -3.36. The van der Waals surface area contributed by atoms with Gasteiger partial charge in [-0.15, -0.1) is 0 Å². The molecule has 2 heterocycles. The van der Waals surface area contributed by atoms with Crippen molar-refractivity contribution in [2.75, 3.05) is 33.4 Å². The van der Waals surface area contributed by atoms with Gasteiger partial charge in [0.15, 0.2) is 0 Å². The average molecular weight is 493 g/mol. The minimum Gasteiger partial charge on any atom is -0.492 e. The van der Waals surface area contributed by atoms with Crippen LogP contribution in [0.3, 0.4) is 0 Å². The van der Waals surface area contributed by atoms with Crippen molar-refractivity contribution in [3.63, 3.8) is 0 Å². The molecule has 36 heavy (non-hydrogen) atoms. The lowest BCUT2D eigenvalue weighted by Crippen LogP contribution is -2.47. The molecular formula is C28H36N4O4. The number of benzene rings is 2. The number of nitrogens with zero attached hydrogens (tertiary/aromatic N) is 1. The van der Waals surface area contributed by atoms with Crippen LogP contribution in [0.15, 0.2) is 54.7 Å². The minimum absolute atomic E-state index is 0.222. The number of carbonyl (C=O) groups is 2. The molecule has 192 valence electrons. The third-order valence-corrected chi connectivity index (χ3v) is 6.69. The lowest BCUT2D eigenvalue weighted by atomic mass is 10.0. The Bertz CT molecular complexity index is 1160. The van der Waals surface area contributed by atoms with E-state index in [-0.39, 0.29) is 11.8 Å². The van der Waals surface area contributed by atoms with Crippen molar-refractivity contribution < 1.29 is 19.1 Å². The van der Waals surface area contributed by atoms with Gasteiger partial charge in [0.1, 0.15) is 18.4 Å². The predicted molar refractivity (Wildman–Crippen MR) is 140 cm³/mol. The zero-order valence-electron chi connectivity index (χ0n) is 21.1. The van der Waals surface area contributed by atoms with Crippen molar-refractivity contribution in [2.24, 2.45) is 0 Å². The number of hydrogen-bond donors (Lipinski definition) is 3. The summed E-state index contributed by atoms with van der Waals surface area (Å²) in [5.41, 5.74) is 2.93. The van der Waals surface area contributed by atoms with E-state index in [1.165, 1.54) is 6.92 Å². The number of aromatic nitrogens is 1. The number of rotatable bonds is 11. The highest BCUT2D eigenvalue weighted by atomic mass is 16.5. The van der Waals surface area contributed by atoms with Crippen molar-refractivity contribution in [3.8, 4) is 5.75 Å². The Morgan fingerprint density at radius 2 is 1.97 bits per heavy atom. The van der Waals surface area contributed by atoms with Crippen molar-refractivity contribution in [2.45, 2.75) is 44.8 Å². The first-order valence-corrected chi connectivity index (χ1v) is 12.6. The maximum atomic E-state index is 13.0. The molecule has 0 aliphatic carbocycles. The second kappa shape index (κ2) is 12.6. The number of likely N-dealkylation sites (N-methyl/N-ethyl adjacent to an activating group) is 1. The minimum atomic E-state index is -0.665. The van der Waals surface area contributed by atoms with Crippen LogP contribution in [0.5, 0.6) is 5.75 Å². The average Bonchev–Trinajstić information content (AvgIpc) is 3.30. The monoisotopic (exact) mass is 492 g/mol. The number of fused-ring (bicyclic) bond motifs is 1. The van der Waals surface area contributed by atoms with E-state index in [2.05, 4.69) is 27.6 Å². The molecule has 1 aliphatic heterocycles. The standard InChI is InChI=1S/C28H36N4O4/c1-20(33)31-27(17-22-19-29-26-9-4-3-8-25(22)26)28(34)30-18-21-6-5-7-24(16-21)36-15-12-32(2)23-10-13-35-14-11-23/h3-9,16,19,23,27,29H,10-15,17-18H2,1-2H3,(H,30,34)(H,31,33). The molecule has 1 saturated heterocycles. The van der Waals surface area contributed by atoms with Crippen LogP contribution < -0.4 is 15.4 Å². The number of amides is 2. The van der Waals surface area contributed by atoms with Gasteiger partial charge in [0, 0.05) is 62.8 Å². The summed E-state index contributed by atoms with van der Waals surface area (Å²) in [6.07, 6.45) is 4.42. The van der Waals surface area contributed by atoms with Crippen LogP contribution >= 0.6 is 0 Å². The molecule has 8 heteroatoms. The van der Waals surface area contributed by atoms with Gasteiger partial charge < -0.3 is 25.1 Å². The Balaban J connectivity index is 1.30. The molecule has 1 aromatic heterocycles. The van der Waals surface area contributed by atoms with Crippen LogP contribution in [-0.4, -0.2) is 67.2 Å². The van der Waals surface area contributed by atoms with Crippen molar-refractivity contribution in [3.05, 3.63) is 65.9 Å². The number of H-pyrrole nitrogens is 1. The van der Waals surface area contributed by atoms with Gasteiger partial charge in [-0.25, -0.2) is 0 Å². The van der Waals surface area contributed by atoms with E-state index in [1.807, 2.05) is 54.7 Å². The second-order valence-electron chi connectivity index (χ2n) is 9.35. The van der Waals surface area contributed by atoms with Crippen LogP contribution in [0.2, 0.25) is 0 Å². The van der Waals surface area contributed by atoms with Gasteiger partial charge in [-0.05, 0) is 49.2 Å². The van der Waals surface area contributed by atoms with Gasteiger partial charge in [-0.1, -0.05) is 30.3 Å². The van der Waals surface area contributed by atoms with Crippen LogP contribution in [0, 0.1) is 0 Å². The first-order valence-electron chi connectivity index (χ1n) is 12.6. The maximum absolute atomic E-state index is 13.0. The van der Waals surface area contributed by atoms with Crippen molar-refractivity contribution in [1.29, 1.82) is 0 Å². The summed E-state index contributed by atoms with van der Waals surface area (Å²) in [7, 11) is 2.13. The molecular weight excluding hydrogens is 456 g/mol. The normalized spacial score (nSPS) is 15.1. The van der Waals surface area contributed by atoms with Crippen molar-refractivity contribution in [1.82, 2.24) is 20.5 Å². The van der Waals surface area contributed by atoms with Crippen LogP contribution in [0.1, 0.15) is 30.9 Å². The molecule has 1 unspecified atom stereocenters. The number of ether oxygens (including phenoxy) is 2. The Kier molecular flexibility index (Phi) is 8.97. The Morgan fingerprint density at radius 3 is 2.78 bits per heavy atom. The highest BCUT2D eigenvalue weighted by molar-refractivity contribution is 5.89. The Labute approximate surface area is 212 Å². The smallest absolute Gasteiger partial charge is 0.243 e. The highest BCUT2D eigenvalue weighted by Crippen LogP contribution is 2.20. The first kappa shape index (κ1) is 25.7. The van der Waals surface area contributed by atoms with E-state index >= 15 is 0 Å². The van der Waals surface area contributed by atoms with Gasteiger partial charge in [-0.3, -0.25) is 14.5 Å². The summed E-state index contributed by atoms with van der Waals surface area (Å²) in [5, 5.41) is 6.81. The molecule has 1 atom stereocenters. The van der Waals surface area contributed by atoms with Crippen molar-refractivity contribution >= 4 is 22.7 Å². The summed E-state index contributed by atoms with van der Waals surface area (Å²) in [6.45, 7) is 4.87. The second-order valence-corrected chi connectivity index (χ2v) is 9.35. The summed E-state index contributed by atoms with van der Waals surface area (Å²) >= 11 is 0. The van der Waals surface area contributed by atoms with Gasteiger partial charge in [0.2, 0.25) is 11.8 Å². The molecule has 2 aromatic carbocycles. The Morgan fingerprint density at radius 1 is 1.17 bits per heavy atom. The van der Waals surface area contributed by atoms with Gasteiger partial charge in [-0.2, -0.15) is 0 Å². The van der Waals surface area contributed by atoms with Gasteiger partial charge >= 0.3 is 0 Å². The largest absolute Gasteiger partial charge is 0.492 e. The fourth-order valence-corrected chi connectivity index (χ4v) is 4.65. The SMILES string of the molecule is CC(=O)NC(Cc1c[nH]c2ccccc12)C(=O)NCc1cccc(OCCN(C)C2CCOCC2)c1. The zero-order chi connectivity index (χ0) is 25.3. The molecule has 1 fully saturated rings. The van der Waals surface area contributed by atoms with E-state index in [4.69, 9.17) is 9.47 Å². The maximum Gasteiger partial charge on any atom is 0.243 e. The molecule has 4 rings (SSSR count). The highest BCUT2D eigenvalue weighted by Gasteiger charge is 2.21. The molecule has 0 spiro atoms. The predicted octanol–water partition coefficient (Wildman–Crippen LogP) is 3.02.